The molecule has 2 rings (SSSR count). The number of piperidine rings is 1. The Hall–Kier alpha value is -1.17. The summed E-state index contributed by atoms with van der Waals surface area (Å²) < 4.78 is 5.02. The van der Waals surface area contributed by atoms with E-state index in [1.165, 1.54) is 12.1 Å². The highest BCUT2D eigenvalue weighted by Gasteiger charge is 2.29. The molecule has 0 radical (unpaired) electrons. The van der Waals surface area contributed by atoms with Crippen LogP contribution in [-0.2, 0) is 9.53 Å². The van der Waals surface area contributed by atoms with Crippen LogP contribution in [0.25, 0.3) is 0 Å². The molecule has 0 saturated carbocycles. The Morgan fingerprint density at radius 3 is 2.57 bits per heavy atom. The lowest BCUT2D eigenvalue weighted by Crippen LogP contribution is -2.44. The van der Waals surface area contributed by atoms with Crippen LogP contribution in [0.3, 0.4) is 0 Å². The summed E-state index contributed by atoms with van der Waals surface area (Å²) in [5.41, 5.74) is 0.306. The lowest BCUT2D eigenvalue weighted by molar-refractivity contribution is -0.149. The van der Waals surface area contributed by atoms with E-state index >= 15 is 0 Å². The van der Waals surface area contributed by atoms with Crippen LogP contribution in [0.2, 0.25) is 15.1 Å². The van der Waals surface area contributed by atoms with Gasteiger partial charge in [0.05, 0.1) is 28.3 Å². The Morgan fingerprint density at radius 2 is 1.96 bits per heavy atom. The average Bonchev–Trinajstić information content (AvgIpc) is 2.51. The number of halogens is 3. The molecule has 1 aliphatic rings. The number of nitrogens with one attached hydrogen (secondary N) is 1. The molecule has 8 heteroatoms. The summed E-state index contributed by atoms with van der Waals surface area (Å²) in [6.45, 7) is 2.96. The zero-order valence-electron chi connectivity index (χ0n) is 12.6. The number of hydrogen-bond donors (Lipinski definition) is 1. The van der Waals surface area contributed by atoms with Crippen LogP contribution in [-0.4, -0.2) is 36.6 Å². The number of amides is 2. The zero-order chi connectivity index (χ0) is 17.0. The highest BCUT2D eigenvalue weighted by atomic mass is 35.5. The van der Waals surface area contributed by atoms with Crippen molar-refractivity contribution in [3.05, 3.63) is 27.2 Å². The average molecular weight is 380 g/mol. The maximum atomic E-state index is 12.4. The molecule has 1 saturated heterocycles. The molecule has 1 unspecified atom stereocenters. The van der Waals surface area contributed by atoms with Gasteiger partial charge in [-0.1, -0.05) is 34.8 Å². The van der Waals surface area contributed by atoms with Gasteiger partial charge >= 0.3 is 12.0 Å². The predicted molar refractivity (Wildman–Crippen MR) is 91.4 cm³/mol. The van der Waals surface area contributed by atoms with Crippen molar-refractivity contribution in [1.29, 1.82) is 0 Å². The Bertz CT molecular complexity index is 587. The van der Waals surface area contributed by atoms with Crippen molar-refractivity contribution < 1.29 is 14.3 Å². The normalized spacial score (nSPS) is 17.7. The number of urea groups is 1. The highest BCUT2D eigenvalue weighted by molar-refractivity contribution is 6.42. The number of rotatable bonds is 3. The van der Waals surface area contributed by atoms with Gasteiger partial charge in [-0.2, -0.15) is 0 Å². The number of nitrogens with zero attached hydrogens (tertiary/aromatic N) is 1. The summed E-state index contributed by atoms with van der Waals surface area (Å²) >= 11 is 18.0. The second-order valence-electron chi connectivity index (χ2n) is 5.21. The molecule has 0 aromatic heterocycles. The molecule has 126 valence electrons. The second-order valence-corrected chi connectivity index (χ2v) is 6.46. The first-order valence-corrected chi connectivity index (χ1v) is 8.42. The van der Waals surface area contributed by atoms with Gasteiger partial charge in [0, 0.05) is 18.1 Å². The quantitative estimate of drug-likeness (QED) is 0.789. The number of carbonyl (C=O) groups is 2. The number of likely N-dealkylation sites (tertiary alicyclic amines) is 1. The lowest BCUT2D eigenvalue weighted by atomic mass is 9.98. The molecule has 1 atom stereocenters. The maximum absolute atomic E-state index is 12.4. The van der Waals surface area contributed by atoms with E-state index in [4.69, 9.17) is 39.5 Å². The fourth-order valence-corrected chi connectivity index (χ4v) is 3.37. The van der Waals surface area contributed by atoms with Crippen LogP contribution < -0.4 is 5.32 Å². The van der Waals surface area contributed by atoms with Gasteiger partial charge in [0.1, 0.15) is 0 Å². The van der Waals surface area contributed by atoms with Gasteiger partial charge in [0.15, 0.2) is 0 Å². The summed E-state index contributed by atoms with van der Waals surface area (Å²) in [5, 5.41) is 3.58. The van der Waals surface area contributed by atoms with Crippen LogP contribution in [0, 0.1) is 5.92 Å². The summed E-state index contributed by atoms with van der Waals surface area (Å²) in [6, 6.07) is 2.65. The maximum Gasteiger partial charge on any atom is 0.321 e. The summed E-state index contributed by atoms with van der Waals surface area (Å²) in [4.78, 5) is 25.8. The first-order chi connectivity index (χ1) is 10.9. The van der Waals surface area contributed by atoms with Gasteiger partial charge in [-0.25, -0.2) is 4.79 Å². The lowest BCUT2D eigenvalue weighted by Gasteiger charge is -2.31. The van der Waals surface area contributed by atoms with Crippen molar-refractivity contribution in [2.24, 2.45) is 5.92 Å². The van der Waals surface area contributed by atoms with Gasteiger partial charge in [0.25, 0.3) is 0 Å². The van der Waals surface area contributed by atoms with E-state index in [9.17, 15) is 9.59 Å². The SMILES string of the molecule is CCOC(=O)C1CCCN(C(=O)Nc2c(Cl)cc(Cl)cc2Cl)C1. The highest BCUT2D eigenvalue weighted by Crippen LogP contribution is 2.34. The summed E-state index contributed by atoms with van der Waals surface area (Å²) in [6.07, 6.45) is 1.45. The molecular weight excluding hydrogens is 363 g/mol. The minimum atomic E-state index is -0.356. The fraction of sp³-hybridized carbons (Fsp3) is 0.467. The summed E-state index contributed by atoms with van der Waals surface area (Å²) in [5.74, 6) is -0.571. The Labute approximate surface area is 149 Å². The van der Waals surface area contributed by atoms with Crippen LogP contribution >= 0.6 is 34.8 Å². The van der Waals surface area contributed by atoms with Gasteiger partial charge in [-0.3, -0.25) is 4.79 Å². The number of hydrogen-bond acceptors (Lipinski definition) is 3. The monoisotopic (exact) mass is 378 g/mol. The van der Waals surface area contributed by atoms with Gasteiger partial charge in [-0.05, 0) is 31.9 Å². The minimum Gasteiger partial charge on any atom is -0.466 e. The third-order valence-electron chi connectivity index (χ3n) is 3.57. The first kappa shape index (κ1) is 18.2. The molecule has 1 aromatic carbocycles. The molecule has 1 N–H and O–H groups in total. The smallest absolute Gasteiger partial charge is 0.321 e. The van der Waals surface area contributed by atoms with E-state index in [1.807, 2.05) is 0 Å². The van der Waals surface area contributed by atoms with Crippen molar-refractivity contribution in [2.75, 3.05) is 25.0 Å². The number of ether oxygens (including phenoxy) is 1. The molecular formula is C15H17Cl3N2O3. The largest absolute Gasteiger partial charge is 0.466 e. The molecule has 1 aliphatic heterocycles. The van der Waals surface area contributed by atoms with Crippen LogP contribution in [0.4, 0.5) is 10.5 Å². The van der Waals surface area contributed by atoms with Crippen molar-refractivity contribution in [2.45, 2.75) is 19.8 Å². The molecule has 0 bridgehead atoms. The van der Waals surface area contributed by atoms with Crippen LogP contribution in [0.1, 0.15) is 19.8 Å². The first-order valence-electron chi connectivity index (χ1n) is 7.29. The molecule has 1 fully saturated rings. The molecule has 2 amide bonds. The van der Waals surface area contributed by atoms with E-state index in [0.29, 0.717) is 36.8 Å². The Kier molecular flexibility index (Phi) is 6.39. The Morgan fingerprint density at radius 1 is 1.30 bits per heavy atom. The molecule has 5 nitrogen and oxygen atoms in total. The topological polar surface area (TPSA) is 58.6 Å². The number of benzene rings is 1. The molecule has 1 aromatic rings. The zero-order valence-corrected chi connectivity index (χ0v) is 14.8. The molecule has 0 aliphatic carbocycles. The third-order valence-corrected chi connectivity index (χ3v) is 4.38. The van der Waals surface area contributed by atoms with E-state index in [0.717, 1.165) is 6.42 Å². The fourth-order valence-electron chi connectivity index (χ4n) is 2.46. The number of carbonyl (C=O) groups excluding carboxylic acids is 2. The van der Waals surface area contributed by atoms with E-state index in [-0.39, 0.29) is 28.0 Å². The third kappa shape index (κ3) is 4.66. The van der Waals surface area contributed by atoms with Crippen LogP contribution in [0.5, 0.6) is 0 Å². The van der Waals surface area contributed by atoms with Crippen molar-refractivity contribution in [3.8, 4) is 0 Å². The van der Waals surface area contributed by atoms with E-state index in [2.05, 4.69) is 5.32 Å². The number of anilines is 1. The van der Waals surface area contributed by atoms with Gasteiger partial charge in [-0.15, -0.1) is 0 Å². The molecule has 23 heavy (non-hydrogen) atoms. The van der Waals surface area contributed by atoms with E-state index in [1.54, 1.807) is 11.8 Å². The molecule has 0 spiro atoms. The van der Waals surface area contributed by atoms with Crippen molar-refractivity contribution in [3.63, 3.8) is 0 Å². The Balaban J connectivity index is 2.05. The standard InChI is InChI=1S/C15H17Cl3N2O3/c1-2-23-14(21)9-4-3-5-20(8-9)15(22)19-13-11(17)6-10(16)7-12(13)18/h6-7,9H,2-5,8H2,1H3,(H,19,22). The number of esters is 1. The van der Waals surface area contributed by atoms with Gasteiger partial charge < -0.3 is 15.0 Å². The van der Waals surface area contributed by atoms with Crippen molar-refractivity contribution >= 4 is 52.5 Å². The second kappa shape index (κ2) is 8.08. The minimum absolute atomic E-state index is 0.259. The van der Waals surface area contributed by atoms with Gasteiger partial charge in [0.2, 0.25) is 0 Å². The summed E-state index contributed by atoms with van der Waals surface area (Å²) in [7, 11) is 0. The predicted octanol–water partition coefficient (Wildman–Crippen LogP) is 4.45. The molecule has 1 heterocycles. The van der Waals surface area contributed by atoms with E-state index < -0.39 is 0 Å². The van der Waals surface area contributed by atoms with Crippen LogP contribution in [0.15, 0.2) is 12.1 Å². The van der Waals surface area contributed by atoms with Crippen molar-refractivity contribution in [1.82, 2.24) is 4.90 Å².